The zero-order chi connectivity index (χ0) is 18.4. The van der Waals surface area contributed by atoms with E-state index in [1.54, 1.807) is 6.07 Å². The number of hydrogen-bond donors (Lipinski definition) is 1. The highest BCUT2D eigenvalue weighted by molar-refractivity contribution is 7.10. The van der Waals surface area contributed by atoms with Gasteiger partial charge in [-0.25, -0.2) is 4.79 Å². The van der Waals surface area contributed by atoms with Gasteiger partial charge in [0.15, 0.2) is 5.76 Å². The topological polar surface area (TPSA) is 94.3 Å². The lowest BCUT2D eigenvalue weighted by Gasteiger charge is -2.17. The molecule has 1 aromatic carbocycles. The second-order valence-electron chi connectivity index (χ2n) is 5.29. The second-order valence-corrected chi connectivity index (χ2v) is 6.65. The number of ether oxygens (including phenoxy) is 1. The average Bonchev–Trinajstić information content (AvgIpc) is 3.32. The number of furan rings is 1. The van der Waals surface area contributed by atoms with Crippen molar-refractivity contribution in [2.24, 2.45) is 0 Å². The van der Waals surface area contributed by atoms with Crippen LogP contribution in [0.3, 0.4) is 0 Å². The third kappa shape index (κ3) is 4.68. The molecular weight excluding hydrogens is 378 g/mol. The van der Waals surface area contributed by atoms with Gasteiger partial charge in [-0.2, -0.15) is 0 Å². The summed E-state index contributed by atoms with van der Waals surface area (Å²) in [7, 11) is 0. The first-order chi connectivity index (χ1) is 12.6. The molecule has 1 atom stereocenters. The number of carbonyl (C=O) groups excluding carboxylic acids is 2. The summed E-state index contributed by atoms with van der Waals surface area (Å²) in [5.74, 6) is -0.985. The minimum absolute atomic E-state index is 0.114. The van der Waals surface area contributed by atoms with Crippen molar-refractivity contribution >= 4 is 35.0 Å². The summed E-state index contributed by atoms with van der Waals surface area (Å²) >= 11 is 6.91. The predicted octanol–water partition coefficient (Wildman–Crippen LogP) is 2.87. The number of nitrogens with zero attached hydrogens (tertiary/aromatic N) is 2. The summed E-state index contributed by atoms with van der Waals surface area (Å²) in [6.45, 7) is -0.115. The zero-order valence-electron chi connectivity index (χ0n) is 13.4. The summed E-state index contributed by atoms with van der Waals surface area (Å²) in [4.78, 5) is 24.7. The Morgan fingerprint density at radius 1 is 1.23 bits per heavy atom. The van der Waals surface area contributed by atoms with Crippen LogP contribution in [0.15, 0.2) is 53.1 Å². The molecule has 1 N–H and O–H groups in total. The molecule has 0 saturated heterocycles. The van der Waals surface area contributed by atoms with Crippen molar-refractivity contribution in [1.29, 1.82) is 0 Å². The van der Waals surface area contributed by atoms with E-state index in [9.17, 15) is 9.59 Å². The van der Waals surface area contributed by atoms with Crippen LogP contribution in [0.2, 0.25) is 4.34 Å². The van der Waals surface area contributed by atoms with Gasteiger partial charge in [-0.1, -0.05) is 46.4 Å². The Labute approximate surface area is 158 Å². The SMILES string of the molecule is O=C(N[C@@H](Cc1ccccc1)C(=O)OCc1nnsc1Cl)c1ccco1. The van der Waals surface area contributed by atoms with Crippen molar-refractivity contribution < 1.29 is 18.7 Å². The average molecular weight is 392 g/mol. The first kappa shape index (κ1) is 18.1. The summed E-state index contributed by atoms with van der Waals surface area (Å²) in [5.41, 5.74) is 1.25. The maximum absolute atomic E-state index is 12.5. The first-order valence-electron chi connectivity index (χ1n) is 7.65. The summed E-state index contributed by atoms with van der Waals surface area (Å²) < 4.78 is 14.4. The summed E-state index contributed by atoms with van der Waals surface area (Å²) in [6, 6.07) is 11.5. The molecule has 3 rings (SSSR count). The number of carbonyl (C=O) groups is 2. The standard InChI is InChI=1S/C17H14ClN3O4S/c18-15-13(20-21-26-15)10-25-17(23)12(9-11-5-2-1-3-6-11)19-16(22)14-7-4-8-24-14/h1-8,12H,9-10H2,(H,19,22)/t12-/m0/s1. The van der Waals surface area contributed by atoms with Gasteiger partial charge in [-0.3, -0.25) is 4.79 Å². The molecule has 0 aliphatic carbocycles. The molecule has 0 aliphatic heterocycles. The third-order valence-electron chi connectivity index (χ3n) is 3.48. The number of hydrogen-bond acceptors (Lipinski definition) is 7. The van der Waals surface area contributed by atoms with E-state index in [2.05, 4.69) is 14.9 Å². The lowest BCUT2D eigenvalue weighted by Crippen LogP contribution is -2.43. The smallest absolute Gasteiger partial charge is 0.329 e. The van der Waals surface area contributed by atoms with E-state index in [0.717, 1.165) is 17.1 Å². The van der Waals surface area contributed by atoms with Gasteiger partial charge in [-0.05, 0) is 17.7 Å². The molecule has 0 unspecified atom stereocenters. The molecule has 0 aliphatic rings. The van der Waals surface area contributed by atoms with Gasteiger partial charge in [0, 0.05) is 18.0 Å². The van der Waals surface area contributed by atoms with Crippen LogP contribution in [0.25, 0.3) is 0 Å². The van der Waals surface area contributed by atoms with Gasteiger partial charge >= 0.3 is 5.97 Å². The van der Waals surface area contributed by atoms with E-state index in [1.165, 1.54) is 12.3 Å². The molecule has 2 aromatic heterocycles. The molecular formula is C17H14ClN3O4S. The molecule has 3 aromatic rings. The molecule has 26 heavy (non-hydrogen) atoms. The van der Waals surface area contributed by atoms with Gasteiger partial charge in [0.05, 0.1) is 6.26 Å². The van der Waals surface area contributed by atoms with Crippen molar-refractivity contribution in [3.8, 4) is 0 Å². The monoisotopic (exact) mass is 391 g/mol. The Bertz CT molecular complexity index is 867. The molecule has 0 saturated carbocycles. The maximum Gasteiger partial charge on any atom is 0.329 e. The summed E-state index contributed by atoms with van der Waals surface area (Å²) in [6.07, 6.45) is 1.66. The van der Waals surface area contributed by atoms with Crippen molar-refractivity contribution in [2.75, 3.05) is 0 Å². The zero-order valence-corrected chi connectivity index (χ0v) is 15.0. The molecule has 9 heteroatoms. The third-order valence-corrected chi connectivity index (χ3v) is 4.46. The maximum atomic E-state index is 12.5. The lowest BCUT2D eigenvalue weighted by molar-refractivity contribution is -0.147. The van der Waals surface area contributed by atoms with Gasteiger partial charge in [0.1, 0.15) is 22.7 Å². The van der Waals surface area contributed by atoms with Crippen LogP contribution in [0.4, 0.5) is 0 Å². The highest BCUT2D eigenvalue weighted by Crippen LogP contribution is 2.18. The van der Waals surface area contributed by atoms with Crippen LogP contribution >= 0.6 is 23.1 Å². The lowest BCUT2D eigenvalue weighted by atomic mass is 10.1. The van der Waals surface area contributed by atoms with E-state index in [0.29, 0.717) is 10.0 Å². The van der Waals surface area contributed by atoms with Gasteiger partial charge < -0.3 is 14.5 Å². The Morgan fingerprint density at radius 3 is 2.69 bits per heavy atom. The quantitative estimate of drug-likeness (QED) is 0.622. The predicted molar refractivity (Wildman–Crippen MR) is 94.8 cm³/mol. The Balaban J connectivity index is 1.69. The van der Waals surface area contributed by atoms with E-state index in [1.807, 2.05) is 30.3 Å². The van der Waals surface area contributed by atoms with E-state index in [-0.39, 0.29) is 18.8 Å². The van der Waals surface area contributed by atoms with E-state index < -0.39 is 17.9 Å². The minimum atomic E-state index is -0.889. The van der Waals surface area contributed by atoms with Crippen LogP contribution in [0.1, 0.15) is 21.8 Å². The van der Waals surface area contributed by atoms with Gasteiger partial charge in [-0.15, -0.1) is 5.10 Å². The highest BCUT2D eigenvalue weighted by Gasteiger charge is 2.25. The van der Waals surface area contributed by atoms with Crippen molar-refractivity contribution in [3.05, 3.63) is 70.1 Å². The van der Waals surface area contributed by atoms with Crippen LogP contribution in [0, 0.1) is 0 Å². The largest absolute Gasteiger partial charge is 0.459 e. The van der Waals surface area contributed by atoms with Crippen LogP contribution in [0.5, 0.6) is 0 Å². The molecule has 2 heterocycles. The molecule has 0 bridgehead atoms. The molecule has 134 valence electrons. The van der Waals surface area contributed by atoms with Crippen molar-refractivity contribution in [1.82, 2.24) is 14.9 Å². The fourth-order valence-corrected chi connectivity index (χ4v) is 2.80. The normalized spacial score (nSPS) is 11.7. The Kier molecular flexibility index (Phi) is 5.98. The fourth-order valence-electron chi connectivity index (χ4n) is 2.20. The highest BCUT2D eigenvalue weighted by atomic mass is 35.5. The fraction of sp³-hybridized carbons (Fsp3) is 0.176. The van der Waals surface area contributed by atoms with Gasteiger partial charge in [0.2, 0.25) is 0 Å². The van der Waals surface area contributed by atoms with Crippen LogP contribution in [-0.2, 0) is 22.6 Å². The number of amides is 1. The molecule has 0 fully saturated rings. The van der Waals surface area contributed by atoms with E-state index in [4.69, 9.17) is 20.8 Å². The molecule has 1 amide bonds. The molecule has 7 nitrogen and oxygen atoms in total. The van der Waals surface area contributed by atoms with Gasteiger partial charge in [0.25, 0.3) is 5.91 Å². The number of benzene rings is 1. The van der Waals surface area contributed by atoms with Crippen molar-refractivity contribution in [2.45, 2.75) is 19.1 Å². The number of esters is 1. The number of aromatic nitrogens is 2. The Hall–Kier alpha value is -2.71. The molecule has 0 spiro atoms. The number of halogens is 1. The number of nitrogens with one attached hydrogen (secondary N) is 1. The second kappa shape index (κ2) is 8.59. The molecule has 0 radical (unpaired) electrons. The first-order valence-corrected chi connectivity index (χ1v) is 8.80. The van der Waals surface area contributed by atoms with Crippen LogP contribution < -0.4 is 5.32 Å². The van der Waals surface area contributed by atoms with Crippen molar-refractivity contribution in [3.63, 3.8) is 0 Å². The van der Waals surface area contributed by atoms with Crippen LogP contribution in [-0.4, -0.2) is 27.5 Å². The Morgan fingerprint density at radius 2 is 2.04 bits per heavy atom. The summed E-state index contributed by atoms with van der Waals surface area (Å²) in [5, 5.41) is 6.43. The minimum Gasteiger partial charge on any atom is -0.459 e. The van der Waals surface area contributed by atoms with E-state index >= 15 is 0 Å². The number of rotatable bonds is 7.